The lowest BCUT2D eigenvalue weighted by atomic mass is 10.1. The highest BCUT2D eigenvalue weighted by molar-refractivity contribution is 5.96. The van der Waals surface area contributed by atoms with Crippen molar-refractivity contribution in [3.63, 3.8) is 0 Å². The van der Waals surface area contributed by atoms with E-state index in [1.807, 2.05) is 24.3 Å². The molecule has 1 aliphatic heterocycles. The Morgan fingerprint density at radius 1 is 1.23 bits per heavy atom. The van der Waals surface area contributed by atoms with Crippen molar-refractivity contribution in [3.8, 4) is 11.8 Å². The molecule has 0 radical (unpaired) electrons. The SMILES string of the molecule is CNC(=O)C1CN(CC(=O)Nc2ccccc2C#N)c2ccccc2O1. The predicted octanol–water partition coefficient (Wildman–Crippen LogP) is 1.51. The van der Waals surface area contributed by atoms with Gasteiger partial charge in [-0.25, -0.2) is 0 Å². The Morgan fingerprint density at radius 2 is 1.96 bits per heavy atom. The standard InChI is InChI=1S/C19H18N4O3/c1-21-19(25)17-11-23(15-8-4-5-9-16(15)26-17)12-18(24)22-14-7-3-2-6-13(14)10-20/h2-9,17H,11-12H2,1H3,(H,21,25)(H,22,24). The molecule has 132 valence electrons. The van der Waals surface area contributed by atoms with E-state index in [4.69, 9.17) is 10.00 Å². The summed E-state index contributed by atoms with van der Waals surface area (Å²) in [6.07, 6.45) is -0.700. The number of nitriles is 1. The number of ether oxygens (including phenoxy) is 1. The Kier molecular flexibility index (Phi) is 5.04. The minimum absolute atomic E-state index is 0.0353. The van der Waals surface area contributed by atoms with Crippen molar-refractivity contribution in [1.82, 2.24) is 5.32 Å². The fraction of sp³-hybridized carbons (Fsp3) is 0.211. The van der Waals surface area contributed by atoms with Gasteiger partial charge in [0.2, 0.25) is 5.91 Å². The van der Waals surface area contributed by atoms with Gasteiger partial charge in [-0.2, -0.15) is 5.26 Å². The van der Waals surface area contributed by atoms with Crippen molar-refractivity contribution in [2.45, 2.75) is 6.10 Å². The fourth-order valence-corrected chi connectivity index (χ4v) is 2.81. The van der Waals surface area contributed by atoms with E-state index in [-0.39, 0.29) is 24.9 Å². The molecule has 26 heavy (non-hydrogen) atoms. The zero-order valence-corrected chi connectivity index (χ0v) is 14.2. The van der Waals surface area contributed by atoms with Crippen molar-refractivity contribution in [1.29, 1.82) is 5.26 Å². The Balaban J connectivity index is 1.78. The first kappa shape index (κ1) is 17.3. The van der Waals surface area contributed by atoms with Crippen LogP contribution in [0, 0.1) is 11.3 Å². The number of amides is 2. The molecule has 3 rings (SSSR count). The molecule has 0 spiro atoms. The highest BCUT2D eigenvalue weighted by Crippen LogP contribution is 2.33. The molecule has 0 aromatic heterocycles. The number of likely N-dealkylation sites (N-methyl/N-ethyl adjacent to an activating group) is 1. The molecule has 2 amide bonds. The van der Waals surface area contributed by atoms with Crippen LogP contribution >= 0.6 is 0 Å². The molecule has 2 N–H and O–H groups in total. The van der Waals surface area contributed by atoms with Crippen LogP contribution in [0.15, 0.2) is 48.5 Å². The second kappa shape index (κ2) is 7.57. The van der Waals surface area contributed by atoms with Crippen molar-refractivity contribution >= 4 is 23.2 Å². The summed E-state index contributed by atoms with van der Waals surface area (Å²) in [4.78, 5) is 26.3. The quantitative estimate of drug-likeness (QED) is 0.872. The average molecular weight is 350 g/mol. The Labute approximate surface area is 151 Å². The molecular formula is C19H18N4O3. The molecule has 2 aromatic carbocycles. The van der Waals surface area contributed by atoms with Crippen molar-refractivity contribution in [2.24, 2.45) is 0 Å². The summed E-state index contributed by atoms with van der Waals surface area (Å²) in [6, 6.07) is 16.1. The van der Waals surface area contributed by atoms with E-state index in [2.05, 4.69) is 10.6 Å². The first-order valence-corrected chi connectivity index (χ1v) is 8.13. The van der Waals surface area contributed by atoms with Crippen LogP contribution < -0.4 is 20.3 Å². The van der Waals surface area contributed by atoms with Crippen LogP contribution in [0.2, 0.25) is 0 Å². The van der Waals surface area contributed by atoms with Crippen LogP contribution in [0.25, 0.3) is 0 Å². The van der Waals surface area contributed by atoms with E-state index in [1.54, 1.807) is 42.3 Å². The summed E-state index contributed by atoms with van der Waals surface area (Å²) in [7, 11) is 1.54. The molecule has 1 atom stereocenters. The van der Waals surface area contributed by atoms with Gasteiger partial charge in [0.1, 0.15) is 11.8 Å². The fourth-order valence-electron chi connectivity index (χ4n) is 2.81. The van der Waals surface area contributed by atoms with Crippen LogP contribution in [-0.4, -0.2) is 38.1 Å². The zero-order valence-electron chi connectivity index (χ0n) is 14.2. The summed E-state index contributed by atoms with van der Waals surface area (Å²) in [6.45, 7) is 0.289. The molecule has 0 saturated carbocycles. The van der Waals surface area contributed by atoms with Crippen molar-refractivity contribution < 1.29 is 14.3 Å². The summed E-state index contributed by atoms with van der Waals surface area (Å²) < 4.78 is 5.72. The van der Waals surface area contributed by atoms with E-state index in [9.17, 15) is 9.59 Å². The third kappa shape index (κ3) is 3.59. The van der Waals surface area contributed by atoms with E-state index in [1.165, 1.54) is 0 Å². The van der Waals surface area contributed by atoms with Gasteiger partial charge in [0.05, 0.1) is 30.0 Å². The van der Waals surface area contributed by atoms with E-state index in [0.717, 1.165) is 5.69 Å². The van der Waals surface area contributed by atoms with Gasteiger partial charge in [-0.1, -0.05) is 24.3 Å². The monoisotopic (exact) mass is 350 g/mol. The summed E-state index contributed by atoms with van der Waals surface area (Å²) in [5.74, 6) is 0.0253. The molecule has 0 bridgehead atoms. The van der Waals surface area contributed by atoms with Gasteiger partial charge in [0, 0.05) is 7.05 Å². The smallest absolute Gasteiger partial charge is 0.262 e. The first-order chi connectivity index (χ1) is 12.6. The number of carbonyl (C=O) groups excluding carboxylic acids is 2. The Morgan fingerprint density at radius 3 is 2.73 bits per heavy atom. The highest BCUT2D eigenvalue weighted by atomic mass is 16.5. The highest BCUT2D eigenvalue weighted by Gasteiger charge is 2.31. The second-order valence-corrected chi connectivity index (χ2v) is 5.77. The second-order valence-electron chi connectivity index (χ2n) is 5.77. The molecule has 7 nitrogen and oxygen atoms in total. The van der Waals surface area contributed by atoms with Crippen LogP contribution in [0.5, 0.6) is 5.75 Å². The van der Waals surface area contributed by atoms with Gasteiger partial charge in [-0.15, -0.1) is 0 Å². The Bertz CT molecular complexity index is 875. The van der Waals surface area contributed by atoms with Gasteiger partial charge in [0.15, 0.2) is 6.10 Å². The Hall–Kier alpha value is -3.53. The molecule has 1 heterocycles. The predicted molar refractivity (Wildman–Crippen MR) is 96.9 cm³/mol. The minimum atomic E-state index is -0.700. The lowest BCUT2D eigenvalue weighted by Gasteiger charge is -2.35. The van der Waals surface area contributed by atoms with Gasteiger partial charge in [-0.3, -0.25) is 9.59 Å². The molecule has 2 aromatic rings. The number of hydrogen-bond acceptors (Lipinski definition) is 5. The third-order valence-corrected chi connectivity index (χ3v) is 4.06. The number of benzene rings is 2. The topological polar surface area (TPSA) is 94.5 Å². The lowest BCUT2D eigenvalue weighted by molar-refractivity contribution is -0.127. The largest absolute Gasteiger partial charge is 0.477 e. The summed E-state index contributed by atoms with van der Waals surface area (Å²) in [5, 5.41) is 14.5. The molecule has 1 unspecified atom stereocenters. The first-order valence-electron chi connectivity index (χ1n) is 8.13. The number of anilines is 2. The van der Waals surface area contributed by atoms with Crippen LogP contribution in [0.1, 0.15) is 5.56 Å². The number of para-hydroxylation sites is 3. The van der Waals surface area contributed by atoms with Crippen LogP contribution in [0.3, 0.4) is 0 Å². The summed E-state index contributed by atoms with van der Waals surface area (Å²) >= 11 is 0. The molecule has 0 fully saturated rings. The van der Waals surface area contributed by atoms with Gasteiger partial charge >= 0.3 is 0 Å². The molecule has 7 heteroatoms. The maximum Gasteiger partial charge on any atom is 0.262 e. The molecular weight excluding hydrogens is 332 g/mol. The van der Waals surface area contributed by atoms with Gasteiger partial charge in [-0.05, 0) is 24.3 Å². The normalized spacial score (nSPS) is 15.2. The van der Waals surface area contributed by atoms with E-state index >= 15 is 0 Å². The molecule has 0 saturated heterocycles. The number of nitrogens with zero attached hydrogens (tertiary/aromatic N) is 2. The maximum absolute atomic E-state index is 12.5. The van der Waals surface area contributed by atoms with E-state index < -0.39 is 6.10 Å². The number of rotatable bonds is 4. The third-order valence-electron chi connectivity index (χ3n) is 4.06. The maximum atomic E-state index is 12.5. The number of hydrogen-bond donors (Lipinski definition) is 2. The number of fused-ring (bicyclic) bond motifs is 1. The molecule has 0 aliphatic carbocycles. The van der Waals surface area contributed by atoms with Crippen LogP contribution in [0.4, 0.5) is 11.4 Å². The van der Waals surface area contributed by atoms with Crippen molar-refractivity contribution in [2.75, 3.05) is 30.4 Å². The van der Waals surface area contributed by atoms with Gasteiger partial charge < -0.3 is 20.3 Å². The van der Waals surface area contributed by atoms with Crippen molar-refractivity contribution in [3.05, 3.63) is 54.1 Å². The zero-order chi connectivity index (χ0) is 18.5. The van der Waals surface area contributed by atoms with Gasteiger partial charge in [0.25, 0.3) is 5.91 Å². The van der Waals surface area contributed by atoms with E-state index in [0.29, 0.717) is 17.0 Å². The average Bonchev–Trinajstić information content (AvgIpc) is 2.67. The summed E-state index contributed by atoms with van der Waals surface area (Å²) in [5.41, 5.74) is 1.60. The number of nitrogens with one attached hydrogen (secondary N) is 2. The number of carbonyl (C=O) groups is 2. The minimum Gasteiger partial charge on any atom is -0.477 e. The molecule has 1 aliphatic rings. The van der Waals surface area contributed by atoms with Crippen LogP contribution in [-0.2, 0) is 9.59 Å². The lowest BCUT2D eigenvalue weighted by Crippen LogP contribution is -2.50.